The van der Waals surface area contributed by atoms with Gasteiger partial charge < -0.3 is 9.26 Å². The van der Waals surface area contributed by atoms with Crippen LogP contribution in [0.4, 0.5) is 0 Å². The molecular formula is C15H12BrNO2. The molecule has 0 saturated heterocycles. The van der Waals surface area contributed by atoms with E-state index >= 15 is 0 Å². The Kier molecular flexibility index (Phi) is 3.03. The fourth-order valence-corrected chi connectivity index (χ4v) is 2.71. The van der Waals surface area contributed by atoms with Crippen LogP contribution in [-0.4, -0.2) is 12.3 Å². The molecule has 0 spiro atoms. The number of aryl methyl sites for hydroxylation is 1. The molecule has 0 amide bonds. The Balaban J connectivity index is 2.17. The molecule has 0 atom stereocenters. The van der Waals surface area contributed by atoms with Crippen LogP contribution < -0.4 is 4.74 Å². The number of nitrogens with zero attached hydrogens (tertiary/aromatic N) is 1. The number of benzene rings is 1. The largest absolute Gasteiger partial charge is 0.496 e. The van der Waals surface area contributed by atoms with Crippen LogP contribution in [-0.2, 0) is 0 Å². The van der Waals surface area contributed by atoms with E-state index in [9.17, 15) is 0 Å². The van der Waals surface area contributed by atoms with E-state index in [0.717, 1.165) is 38.4 Å². The molecule has 4 heteroatoms. The number of aromatic nitrogens is 1. The van der Waals surface area contributed by atoms with Crippen LogP contribution in [0.3, 0.4) is 0 Å². The Morgan fingerprint density at radius 2 is 1.95 bits per heavy atom. The number of ether oxygens (including phenoxy) is 1. The maximum atomic E-state index is 5.38. The molecule has 1 aromatic rings. The van der Waals surface area contributed by atoms with E-state index in [-0.39, 0.29) is 0 Å². The van der Waals surface area contributed by atoms with Crippen molar-refractivity contribution in [2.75, 3.05) is 7.11 Å². The molecule has 0 N–H and O–H groups in total. The first kappa shape index (κ1) is 12.2. The Bertz CT molecular complexity index is 705. The van der Waals surface area contributed by atoms with Gasteiger partial charge in [0.1, 0.15) is 17.2 Å². The zero-order valence-electron chi connectivity index (χ0n) is 10.6. The Hall–Kier alpha value is -1.81. The molecule has 19 heavy (non-hydrogen) atoms. The Morgan fingerprint density at radius 1 is 1.16 bits per heavy atom. The van der Waals surface area contributed by atoms with Gasteiger partial charge in [0.15, 0.2) is 0 Å². The zero-order valence-corrected chi connectivity index (χ0v) is 12.2. The van der Waals surface area contributed by atoms with Gasteiger partial charge in [-0.2, -0.15) is 0 Å². The number of halogens is 1. The van der Waals surface area contributed by atoms with Gasteiger partial charge in [-0.05, 0) is 41.1 Å². The second-order valence-corrected chi connectivity index (χ2v) is 5.14. The maximum absolute atomic E-state index is 5.38. The van der Waals surface area contributed by atoms with Crippen LogP contribution in [0.5, 0.6) is 5.75 Å². The Labute approximate surface area is 119 Å². The van der Waals surface area contributed by atoms with Crippen LogP contribution in [0.25, 0.3) is 22.4 Å². The maximum Gasteiger partial charge on any atom is 0.139 e. The molecule has 0 aromatic heterocycles. The highest BCUT2D eigenvalue weighted by Crippen LogP contribution is 2.37. The first-order valence-electron chi connectivity index (χ1n) is 5.89. The van der Waals surface area contributed by atoms with Crippen molar-refractivity contribution in [3.63, 3.8) is 0 Å². The summed E-state index contributed by atoms with van der Waals surface area (Å²) in [6.45, 7) is 1.92. The summed E-state index contributed by atoms with van der Waals surface area (Å²) in [4.78, 5) is 0. The highest BCUT2D eigenvalue weighted by atomic mass is 79.9. The van der Waals surface area contributed by atoms with Crippen LogP contribution in [0.2, 0.25) is 0 Å². The molecule has 0 bridgehead atoms. The summed E-state index contributed by atoms with van der Waals surface area (Å²) in [5.74, 6) is 1.63. The molecular weight excluding hydrogens is 306 g/mol. The van der Waals surface area contributed by atoms with E-state index in [4.69, 9.17) is 9.26 Å². The summed E-state index contributed by atoms with van der Waals surface area (Å²) in [6.07, 6.45) is 0. The second kappa shape index (κ2) is 4.70. The lowest BCUT2D eigenvalue weighted by molar-refractivity contribution is 0.381. The number of hydrogen-bond donors (Lipinski definition) is 0. The van der Waals surface area contributed by atoms with Gasteiger partial charge in [-0.25, -0.2) is 0 Å². The smallest absolute Gasteiger partial charge is 0.139 e. The van der Waals surface area contributed by atoms with E-state index in [1.54, 1.807) is 7.11 Å². The summed E-state index contributed by atoms with van der Waals surface area (Å²) in [7, 11) is 1.65. The molecule has 1 heterocycles. The summed E-state index contributed by atoms with van der Waals surface area (Å²) in [5, 5.41) is 4.21. The van der Waals surface area contributed by atoms with E-state index in [0.29, 0.717) is 0 Å². The number of hydrogen-bond acceptors (Lipinski definition) is 3. The van der Waals surface area contributed by atoms with Gasteiger partial charge in [0, 0.05) is 16.7 Å². The van der Waals surface area contributed by atoms with Crippen LogP contribution >= 0.6 is 15.9 Å². The monoisotopic (exact) mass is 317 g/mol. The van der Waals surface area contributed by atoms with Crippen molar-refractivity contribution in [2.45, 2.75) is 6.92 Å². The third-order valence-electron chi connectivity index (χ3n) is 3.15. The molecule has 1 aliphatic carbocycles. The lowest BCUT2D eigenvalue weighted by atomic mass is 10.0. The molecule has 0 saturated carbocycles. The normalized spacial score (nSPS) is 10.9. The highest BCUT2D eigenvalue weighted by molar-refractivity contribution is 9.10. The van der Waals surface area contributed by atoms with Gasteiger partial charge in [0.25, 0.3) is 0 Å². The summed E-state index contributed by atoms with van der Waals surface area (Å²) < 4.78 is 11.5. The summed E-state index contributed by atoms with van der Waals surface area (Å²) in [5.41, 5.74) is 4.03. The molecule has 1 aromatic carbocycles. The lowest BCUT2D eigenvalue weighted by Gasteiger charge is -2.10. The molecule has 3 nitrogen and oxygen atoms in total. The predicted molar refractivity (Wildman–Crippen MR) is 77.6 cm³/mol. The van der Waals surface area contributed by atoms with Crippen molar-refractivity contribution in [2.24, 2.45) is 0 Å². The van der Waals surface area contributed by atoms with E-state index < -0.39 is 0 Å². The second-order valence-electron chi connectivity index (χ2n) is 4.29. The van der Waals surface area contributed by atoms with E-state index in [1.807, 2.05) is 37.3 Å². The van der Waals surface area contributed by atoms with Gasteiger partial charge in [-0.1, -0.05) is 23.4 Å². The fraction of sp³-hybridized carbons (Fsp3) is 0.133. The average Bonchev–Trinajstić information content (AvgIpc) is 2.89. The third-order valence-corrected chi connectivity index (χ3v) is 3.77. The average molecular weight is 318 g/mol. The molecule has 1 aliphatic heterocycles. The summed E-state index contributed by atoms with van der Waals surface area (Å²) in [6, 6.07) is 12.0. The third kappa shape index (κ3) is 2.02. The quantitative estimate of drug-likeness (QED) is 0.696. The zero-order chi connectivity index (χ0) is 13.4. The molecule has 3 rings (SSSR count). The van der Waals surface area contributed by atoms with Gasteiger partial charge in [0.2, 0.25) is 0 Å². The molecule has 2 aliphatic rings. The van der Waals surface area contributed by atoms with Gasteiger partial charge in [0.05, 0.1) is 11.6 Å². The van der Waals surface area contributed by atoms with Gasteiger partial charge in [-0.15, -0.1) is 0 Å². The SMILES string of the molecule is COc1ccc(-c2noc(C)c3cccc2-3)cc1Br. The summed E-state index contributed by atoms with van der Waals surface area (Å²) >= 11 is 3.49. The van der Waals surface area contributed by atoms with Crippen molar-refractivity contribution < 1.29 is 9.26 Å². The topological polar surface area (TPSA) is 35.3 Å². The van der Waals surface area contributed by atoms with Gasteiger partial charge in [-0.3, -0.25) is 0 Å². The van der Waals surface area contributed by atoms with E-state index in [2.05, 4.69) is 27.2 Å². The minimum atomic E-state index is 0.798. The lowest BCUT2D eigenvalue weighted by Crippen LogP contribution is -1.92. The Morgan fingerprint density at radius 3 is 2.68 bits per heavy atom. The predicted octanol–water partition coefficient (Wildman–Crippen LogP) is 4.53. The standard InChI is InChI=1S/C15H12BrNO2/c1-9-11-4-3-5-12(11)15(17-19-9)10-6-7-14(18-2)13(16)8-10/h3-8H,1-2H3. The van der Waals surface area contributed by atoms with Crippen LogP contribution in [0.1, 0.15) is 5.76 Å². The molecule has 0 unspecified atom stereocenters. The molecule has 0 fully saturated rings. The van der Waals surface area contributed by atoms with Crippen molar-refractivity contribution in [1.29, 1.82) is 0 Å². The van der Waals surface area contributed by atoms with Crippen LogP contribution in [0, 0.1) is 6.92 Å². The minimum Gasteiger partial charge on any atom is -0.496 e. The van der Waals surface area contributed by atoms with Gasteiger partial charge >= 0.3 is 0 Å². The minimum absolute atomic E-state index is 0.798. The molecule has 0 radical (unpaired) electrons. The number of rotatable bonds is 2. The number of fused-ring (bicyclic) bond motifs is 1. The van der Waals surface area contributed by atoms with Crippen molar-refractivity contribution in [1.82, 2.24) is 5.16 Å². The van der Waals surface area contributed by atoms with Crippen molar-refractivity contribution in [3.05, 3.63) is 46.6 Å². The number of methoxy groups -OCH3 is 1. The first-order valence-corrected chi connectivity index (χ1v) is 6.69. The van der Waals surface area contributed by atoms with Crippen molar-refractivity contribution in [3.8, 4) is 28.1 Å². The fourth-order valence-electron chi connectivity index (χ4n) is 2.17. The first-order chi connectivity index (χ1) is 9.20. The van der Waals surface area contributed by atoms with Crippen LogP contribution in [0.15, 0.2) is 45.4 Å². The molecule has 96 valence electrons. The highest BCUT2D eigenvalue weighted by Gasteiger charge is 2.16. The van der Waals surface area contributed by atoms with E-state index in [1.165, 1.54) is 0 Å². The van der Waals surface area contributed by atoms with Crippen molar-refractivity contribution >= 4 is 15.9 Å².